The summed E-state index contributed by atoms with van der Waals surface area (Å²) in [7, 11) is 1.47. The average molecular weight is 383 g/mol. The van der Waals surface area contributed by atoms with Gasteiger partial charge < -0.3 is 15.1 Å². The van der Waals surface area contributed by atoms with E-state index in [-0.39, 0.29) is 30.0 Å². The summed E-state index contributed by atoms with van der Waals surface area (Å²) >= 11 is 0. The largest absolute Gasteiger partial charge is 0.416 e. The van der Waals surface area contributed by atoms with Crippen LogP contribution in [-0.4, -0.2) is 47.9 Å². The maximum Gasteiger partial charge on any atom is 0.416 e. The van der Waals surface area contributed by atoms with Gasteiger partial charge in [0.2, 0.25) is 5.91 Å². The van der Waals surface area contributed by atoms with Crippen molar-refractivity contribution in [3.63, 3.8) is 0 Å². The number of carbonyl (C=O) groups is 2. The van der Waals surface area contributed by atoms with Crippen molar-refractivity contribution in [2.45, 2.75) is 44.4 Å². The molecule has 3 amide bonds. The molecular weight excluding hydrogens is 359 g/mol. The molecule has 0 spiro atoms. The molecule has 0 aromatic heterocycles. The van der Waals surface area contributed by atoms with Gasteiger partial charge in [0.25, 0.3) is 0 Å². The molecule has 1 heterocycles. The lowest BCUT2D eigenvalue weighted by molar-refractivity contribution is -0.138. The van der Waals surface area contributed by atoms with E-state index in [0.29, 0.717) is 13.1 Å². The first-order valence-corrected chi connectivity index (χ1v) is 9.21. The van der Waals surface area contributed by atoms with Crippen molar-refractivity contribution in [3.05, 3.63) is 35.4 Å². The second-order valence-electron chi connectivity index (χ2n) is 7.36. The van der Waals surface area contributed by atoms with Gasteiger partial charge in [-0.15, -0.1) is 0 Å². The molecule has 3 rings (SSSR count). The van der Waals surface area contributed by atoms with Crippen LogP contribution in [0.4, 0.5) is 18.0 Å². The lowest BCUT2D eigenvalue weighted by Crippen LogP contribution is -2.52. The van der Waals surface area contributed by atoms with Crippen LogP contribution in [0.3, 0.4) is 0 Å². The highest BCUT2D eigenvalue weighted by Gasteiger charge is 2.36. The number of urea groups is 1. The standard InChI is InChI=1S/C19H24F3N3O2/c1-24(11-14-5-2-3-7-16(14)19(20,21)22)18(27)23-15-6-4-10-25(12-15)17(26)13-8-9-13/h2-3,5,7,13,15H,4,6,8-12H2,1H3,(H,23,27). The van der Waals surface area contributed by atoms with Crippen molar-refractivity contribution in [1.82, 2.24) is 15.1 Å². The number of carbonyl (C=O) groups excluding carboxylic acids is 2. The summed E-state index contributed by atoms with van der Waals surface area (Å²) in [5.74, 6) is 0.294. The normalized spacial score (nSPS) is 20.3. The molecule has 1 atom stereocenters. The molecule has 1 saturated carbocycles. The number of benzene rings is 1. The lowest BCUT2D eigenvalue weighted by atomic mass is 10.1. The maximum atomic E-state index is 13.1. The molecule has 1 aliphatic carbocycles. The Morgan fingerprint density at radius 3 is 2.59 bits per heavy atom. The van der Waals surface area contributed by atoms with Gasteiger partial charge in [-0.05, 0) is 37.3 Å². The van der Waals surface area contributed by atoms with Crippen LogP contribution < -0.4 is 5.32 Å². The molecule has 1 unspecified atom stereocenters. The summed E-state index contributed by atoms with van der Waals surface area (Å²) in [5, 5.41) is 2.85. The van der Waals surface area contributed by atoms with E-state index in [0.717, 1.165) is 31.7 Å². The van der Waals surface area contributed by atoms with Crippen molar-refractivity contribution in [1.29, 1.82) is 0 Å². The summed E-state index contributed by atoms with van der Waals surface area (Å²) in [5.41, 5.74) is -0.680. The Morgan fingerprint density at radius 2 is 1.93 bits per heavy atom. The number of halogens is 3. The van der Waals surface area contributed by atoms with Crippen LogP contribution in [-0.2, 0) is 17.5 Å². The van der Waals surface area contributed by atoms with Crippen LogP contribution >= 0.6 is 0 Å². The smallest absolute Gasteiger partial charge is 0.340 e. The number of nitrogens with one attached hydrogen (secondary N) is 1. The minimum Gasteiger partial charge on any atom is -0.340 e. The van der Waals surface area contributed by atoms with E-state index in [2.05, 4.69) is 5.32 Å². The Bertz CT molecular complexity index is 704. The Kier molecular flexibility index (Phi) is 5.62. The van der Waals surface area contributed by atoms with Crippen LogP contribution in [0.2, 0.25) is 0 Å². The Hall–Kier alpha value is -2.25. The third kappa shape index (κ3) is 4.93. The summed E-state index contributed by atoms with van der Waals surface area (Å²) in [4.78, 5) is 27.7. The monoisotopic (exact) mass is 383 g/mol. The molecule has 27 heavy (non-hydrogen) atoms. The number of hydrogen-bond acceptors (Lipinski definition) is 2. The molecule has 1 saturated heterocycles. The first-order chi connectivity index (χ1) is 12.8. The fourth-order valence-electron chi connectivity index (χ4n) is 3.43. The van der Waals surface area contributed by atoms with Gasteiger partial charge in [0.15, 0.2) is 0 Å². The van der Waals surface area contributed by atoms with Gasteiger partial charge in [0, 0.05) is 38.6 Å². The summed E-state index contributed by atoms with van der Waals surface area (Å²) in [6, 6.07) is 4.65. The third-order valence-electron chi connectivity index (χ3n) is 5.06. The van der Waals surface area contributed by atoms with Gasteiger partial charge in [0.05, 0.1) is 5.56 Å². The van der Waals surface area contributed by atoms with Gasteiger partial charge in [-0.2, -0.15) is 13.2 Å². The van der Waals surface area contributed by atoms with Gasteiger partial charge in [-0.1, -0.05) is 18.2 Å². The van der Waals surface area contributed by atoms with Crippen LogP contribution in [0.5, 0.6) is 0 Å². The zero-order valence-corrected chi connectivity index (χ0v) is 15.3. The number of piperidine rings is 1. The quantitative estimate of drug-likeness (QED) is 0.868. The molecule has 1 aromatic carbocycles. The van der Waals surface area contributed by atoms with E-state index >= 15 is 0 Å². The van der Waals surface area contributed by atoms with E-state index in [1.807, 2.05) is 0 Å². The third-order valence-corrected chi connectivity index (χ3v) is 5.06. The second-order valence-corrected chi connectivity index (χ2v) is 7.36. The first-order valence-electron chi connectivity index (χ1n) is 9.21. The van der Waals surface area contributed by atoms with Gasteiger partial charge in [-0.25, -0.2) is 4.79 Å². The van der Waals surface area contributed by atoms with Crippen molar-refractivity contribution in [3.8, 4) is 0 Å². The Balaban J connectivity index is 1.57. The predicted octanol–water partition coefficient (Wildman–Crippen LogP) is 3.25. The summed E-state index contributed by atoms with van der Waals surface area (Å²) in [6.45, 7) is 1.03. The molecule has 5 nitrogen and oxygen atoms in total. The van der Waals surface area contributed by atoms with Crippen LogP contribution in [0.1, 0.15) is 36.8 Å². The molecule has 1 N–H and O–H groups in total. The number of hydrogen-bond donors (Lipinski definition) is 1. The van der Waals surface area contributed by atoms with E-state index < -0.39 is 17.8 Å². The van der Waals surface area contributed by atoms with Gasteiger partial charge in [0.1, 0.15) is 0 Å². The van der Waals surface area contributed by atoms with Crippen molar-refractivity contribution < 1.29 is 22.8 Å². The lowest BCUT2D eigenvalue weighted by Gasteiger charge is -2.34. The van der Waals surface area contributed by atoms with Gasteiger partial charge in [-0.3, -0.25) is 4.79 Å². The van der Waals surface area contributed by atoms with Crippen molar-refractivity contribution >= 4 is 11.9 Å². The number of alkyl halides is 3. The topological polar surface area (TPSA) is 52.7 Å². The number of amides is 3. The van der Waals surface area contributed by atoms with Crippen molar-refractivity contribution in [2.75, 3.05) is 20.1 Å². The predicted molar refractivity (Wildman–Crippen MR) is 93.8 cm³/mol. The SMILES string of the molecule is CN(Cc1ccccc1C(F)(F)F)C(=O)NC1CCCN(C(=O)C2CC2)C1. The maximum absolute atomic E-state index is 13.1. The van der Waals surface area contributed by atoms with E-state index in [1.165, 1.54) is 30.1 Å². The zero-order valence-electron chi connectivity index (χ0n) is 15.3. The molecule has 148 valence electrons. The minimum absolute atomic E-state index is 0.0526. The fourth-order valence-corrected chi connectivity index (χ4v) is 3.43. The Morgan fingerprint density at radius 1 is 1.22 bits per heavy atom. The fraction of sp³-hybridized carbons (Fsp3) is 0.579. The van der Waals surface area contributed by atoms with Crippen molar-refractivity contribution in [2.24, 2.45) is 5.92 Å². The zero-order chi connectivity index (χ0) is 19.6. The first kappa shape index (κ1) is 19.5. The second kappa shape index (κ2) is 7.78. The summed E-state index contributed by atoms with van der Waals surface area (Å²) in [6.07, 6.45) is -1.01. The van der Waals surface area contributed by atoms with E-state index in [4.69, 9.17) is 0 Å². The van der Waals surface area contributed by atoms with Crippen LogP contribution in [0.15, 0.2) is 24.3 Å². The highest BCUT2D eigenvalue weighted by molar-refractivity contribution is 5.81. The van der Waals surface area contributed by atoms with E-state index in [1.54, 1.807) is 4.90 Å². The molecular formula is C19H24F3N3O2. The molecule has 0 radical (unpaired) electrons. The summed E-state index contributed by atoms with van der Waals surface area (Å²) < 4.78 is 39.3. The molecule has 2 aliphatic rings. The minimum atomic E-state index is -4.46. The Labute approximate surface area is 156 Å². The number of nitrogens with zero attached hydrogens (tertiary/aromatic N) is 2. The molecule has 2 fully saturated rings. The van der Waals surface area contributed by atoms with E-state index in [9.17, 15) is 22.8 Å². The number of likely N-dealkylation sites (tertiary alicyclic amines) is 1. The highest BCUT2D eigenvalue weighted by atomic mass is 19.4. The average Bonchev–Trinajstić information content (AvgIpc) is 3.46. The van der Waals surface area contributed by atoms with Gasteiger partial charge >= 0.3 is 12.2 Å². The van der Waals surface area contributed by atoms with Crippen LogP contribution in [0.25, 0.3) is 0 Å². The molecule has 0 bridgehead atoms. The highest BCUT2D eigenvalue weighted by Crippen LogP contribution is 2.33. The number of rotatable bonds is 4. The molecule has 1 aliphatic heterocycles. The van der Waals surface area contributed by atoms with Crippen LogP contribution in [0, 0.1) is 5.92 Å². The molecule has 8 heteroatoms. The molecule has 1 aromatic rings.